The topological polar surface area (TPSA) is 6.48 Å². The summed E-state index contributed by atoms with van der Waals surface area (Å²) in [6.07, 6.45) is 0. The molecule has 1 saturated heterocycles. The van der Waals surface area contributed by atoms with Crippen molar-refractivity contribution >= 4 is 28.9 Å². The molecule has 1 aliphatic rings. The second-order valence-electron chi connectivity index (χ2n) is 4.23. The van der Waals surface area contributed by atoms with Crippen LogP contribution in [0.5, 0.6) is 0 Å². The molecule has 0 spiro atoms. The minimum absolute atomic E-state index is 0.705. The van der Waals surface area contributed by atoms with Crippen LogP contribution in [-0.4, -0.2) is 37.6 Å². The van der Waals surface area contributed by atoms with Crippen LogP contribution in [0.2, 0.25) is 5.02 Å². The van der Waals surface area contributed by atoms with E-state index >= 15 is 0 Å². The second-order valence-corrected chi connectivity index (χ2v) is 5.17. The molecule has 0 atom stereocenters. The summed E-state index contributed by atoms with van der Waals surface area (Å²) in [7, 11) is 0. The van der Waals surface area contributed by atoms with E-state index < -0.39 is 0 Å². The Balaban J connectivity index is 1.95. The average Bonchev–Trinajstić information content (AvgIpc) is 2.30. The highest BCUT2D eigenvalue weighted by molar-refractivity contribution is 6.33. The quantitative estimate of drug-likeness (QED) is 0.833. The first-order valence-corrected chi connectivity index (χ1v) is 6.47. The van der Waals surface area contributed by atoms with E-state index in [0.29, 0.717) is 5.03 Å². The predicted molar refractivity (Wildman–Crippen MR) is 75.1 cm³/mol. The van der Waals surface area contributed by atoms with Crippen molar-refractivity contribution < 1.29 is 0 Å². The van der Waals surface area contributed by atoms with Gasteiger partial charge >= 0.3 is 0 Å². The minimum Gasteiger partial charge on any atom is -0.368 e. The van der Waals surface area contributed by atoms with Gasteiger partial charge in [0.2, 0.25) is 0 Å². The molecular weight excluding hydrogens is 255 g/mol. The Morgan fingerprint density at radius 2 is 1.82 bits per heavy atom. The second kappa shape index (κ2) is 5.76. The molecule has 0 bridgehead atoms. The van der Waals surface area contributed by atoms with Gasteiger partial charge in [0, 0.05) is 37.8 Å². The molecule has 92 valence electrons. The lowest BCUT2D eigenvalue weighted by molar-refractivity contribution is 0.282. The first-order valence-electron chi connectivity index (χ1n) is 5.72. The van der Waals surface area contributed by atoms with E-state index in [2.05, 4.69) is 22.4 Å². The minimum atomic E-state index is 0.705. The molecule has 2 nitrogen and oxygen atoms in total. The number of benzene rings is 1. The zero-order valence-corrected chi connectivity index (χ0v) is 11.2. The molecule has 1 fully saturated rings. The smallest absolute Gasteiger partial charge is 0.0639 e. The summed E-state index contributed by atoms with van der Waals surface area (Å²) >= 11 is 12.0. The summed E-state index contributed by atoms with van der Waals surface area (Å²) in [6.45, 7) is 8.46. The maximum atomic E-state index is 6.19. The molecule has 0 radical (unpaired) electrons. The third kappa shape index (κ3) is 3.38. The van der Waals surface area contributed by atoms with Gasteiger partial charge in [-0.25, -0.2) is 0 Å². The molecule has 0 saturated carbocycles. The Labute approximate surface area is 112 Å². The van der Waals surface area contributed by atoms with Gasteiger partial charge in [0.1, 0.15) is 0 Å². The molecule has 2 rings (SSSR count). The molecule has 1 aromatic rings. The Morgan fingerprint density at radius 1 is 1.18 bits per heavy atom. The number of rotatable bonds is 3. The number of hydrogen-bond acceptors (Lipinski definition) is 2. The van der Waals surface area contributed by atoms with Crippen molar-refractivity contribution in [2.45, 2.75) is 0 Å². The molecular formula is C13H16Cl2N2. The van der Waals surface area contributed by atoms with E-state index in [-0.39, 0.29) is 0 Å². The van der Waals surface area contributed by atoms with Gasteiger partial charge in [0.05, 0.1) is 10.7 Å². The van der Waals surface area contributed by atoms with Crippen LogP contribution in [0, 0.1) is 0 Å². The molecule has 0 amide bonds. The van der Waals surface area contributed by atoms with E-state index in [9.17, 15) is 0 Å². The summed E-state index contributed by atoms with van der Waals surface area (Å²) in [5.41, 5.74) is 1.12. The maximum absolute atomic E-state index is 6.19. The van der Waals surface area contributed by atoms with Crippen LogP contribution in [0.25, 0.3) is 0 Å². The Kier molecular flexibility index (Phi) is 4.32. The van der Waals surface area contributed by atoms with E-state index in [1.54, 1.807) is 0 Å². The van der Waals surface area contributed by atoms with Crippen LogP contribution >= 0.6 is 23.2 Å². The number of anilines is 1. The molecule has 4 heteroatoms. The molecule has 1 heterocycles. The van der Waals surface area contributed by atoms with Crippen molar-refractivity contribution in [1.29, 1.82) is 0 Å². The van der Waals surface area contributed by atoms with Gasteiger partial charge in [0.25, 0.3) is 0 Å². The van der Waals surface area contributed by atoms with E-state index in [1.807, 2.05) is 18.2 Å². The fourth-order valence-corrected chi connectivity index (χ4v) is 2.52. The van der Waals surface area contributed by atoms with E-state index in [1.165, 1.54) is 0 Å². The van der Waals surface area contributed by atoms with E-state index in [4.69, 9.17) is 23.2 Å². The molecule has 0 aliphatic carbocycles. The Morgan fingerprint density at radius 3 is 2.41 bits per heavy atom. The number of piperazine rings is 1. The Hall–Kier alpha value is -0.700. The largest absolute Gasteiger partial charge is 0.368 e. The van der Waals surface area contributed by atoms with Crippen molar-refractivity contribution in [3.63, 3.8) is 0 Å². The standard InChI is InChI=1S/C13H16Cl2N2/c1-11(14)10-16-6-8-17(9-7-16)13-5-3-2-4-12(13)15/h2-5H,1,6-10H2. The van der Waals surface area contributed by atoms with Gasteiger partial charge in [-0.05, 0) is 12.1 Å². The lowest BCUT2D eigenvalue weighted by Crippen LogP contribution is -2.46. The molecule has 0 aromatic heterocycles. The summed E-state index contributed by atoms with van der Waals surface area (Å²) < 4.78 is 0. The van der Waals surface area contributed by atoms with Gasteiger partial charge in [0.15, 0.2) is 0 Å². The SMILES string of the molecule is C=C(Cl)CN1CCN(c2ccccc2Cl)CC1. The highest BCUT2D eigenvalue weighted by Crippen LogP contribution is 2.26. The Bertz CT molecular complexity index is 398. The maximum Gasteiger partial charge on any atom is 0.0639 e. The summed E-state index contributed by atoms with van der Waals surface area (Å²) in [5.74, 6) is 0. The zero-order chi connectivity index (χ0) is 12.3. The van der Waals surface area contributed by atoms with E-state index in [0.717, 1.165) is 43.4 Å². The fraction of sp³-hybridized carbons (Fsp3) is 0.385. The van der Waals surface area contributed by atoms with Gasteiger partial charge in [-0.3, -0.25) is 4.90 Å². The fourth-order valence-electron chi connectivity index (χ4n) is 2.10. The first kappa shape index (κ1) is 12.7. The third-order valence-corrected chi connectivity index (χ3v) is 3.40. The lowest BCUT2D eigenvalue weighted by Gasteiger charge is -2.36. The third-order valence-electron chi connectivity index (χ3n) is 2.96. The lowest BCUT2D eigenvalue weighted by atomic mass is 10.2. The number of hydrogen-bond donors (Lipinski definition) is 0. The van der Waals surface area contributed by atoms with Crippen molar-refractivity contribution in [2.24, 2.45) is 0 Å². The van der Waals surface area contributed by atoms with Gasteiger partial charge in [-0.15, -0.1) is 0 Å². The van der Waals surface area contributed by atoms with Crippen molar-refractivity contribution in [3.8, 4) is 0 Å². The van der Waals surface area contributed by atoms with Gasteiger partial charge in [-0.1, -0.05) is 41.9 Å². The summed E-state index contributed by atoms with van der Waals surface area (Å²) in [4.78, 5) is 4.62. The monoisotopic (exact) mass is 270 g/mol. The number of para-hydroxylation sites is 1. The van der Waals surface area contributed by atoms with Crippen LogP contribution in [0.1, 0.15) is 0 Å². The number of halogens is 2. The van der Waals surface area contributed by atoms with Gasteiger partial charge < -0.3 is 4.90 Å². The molecule has 1 aromatic carbocycles. The highest BCUT2D eigenvalue weighted by Gasteiger charge is 2.18. The predicted octanol–water partition coefficient (Wildman–Crippen LogP) is 3.21. The molecule has 0 unspecified atom stereocenters. The highest BCUT2D eigenvalue weighted by atomic mass is 35.5. The molecule has 17 heavy (non-hydrogen) atoms. The zero-order valence-electron chi connectivity index (χ0n) is 9.70. The van der Waals surface area contributed by atoms with Crippen molar-refractivity contribution in [2.75, 3.05) is 37.6 Å². The average molecular weight is 271 g/mol. The van der Waals surface area contributed by atoms with Crippen LogP contribution in [0.3, 0.4) is 0 Å². The van der Waals surface area contributed by atoms with Crippen LogP contribution in [-0.2, 0) is 0 Å². The summed E-state index contributed by atoms with van der Waals surface area (Å²) in [6, 6.07) is 7.98. The number of nitrogens with zero attached hydrogens (tertiary/aromatic N) is 2. The van der Waals surface area contributed by atoms with Crippen LogP contribution in [0.4, 0.5) is 5.69 Å². The summed E-state index contributed by atoms with van der Waals surface area (Å²) in [5, 5.41) is 1.53. The first-order chi connectivity index (χ1) is 8.16. The van der Waals surface area contributed by atoms with Crippen molar-refractivity contribution in [3.05, 3.63) is 40.9 Å². The van der Waals surface area contributed by atoms with Crippen molar-refractivity contribution in [1.82, 2.24) is 4.90 Å². The van der Waals surface area contributed by atoms with Gasteiger partial charge in [-0.2, -0.15) is 0 Å². The van der Waals surface area contributed by atoms with Crippen LogP contribution in [0.15, 0.2) is 35.9 Å². The molecule has 1 aliphatic heterocycles. The normalized spacial score (nSPS) is 17.2. The van der Waals surface area contributed by atoms with Crippen LogP contribution < -0.4 is 4.90 Å². The molecule has 0 N–H and O–H groups in total.